The molecule has 0 bridgehead atoms. The molecule has 0 amide bonds. The van der Waals surface area contributed by atoms with Crippen molar-refractivity contribution >= 4 is 34.0 Å². The van der Waals surface area contributed by atoms with Crippen molar-refractivity contribution in [3.8, 4) is 5.75 Å². The van der Waals surface area contributed by atoms with E-state index in [1.54, 1.807) is 18.4 Å². The number of halogens is 1. The second-order valence-corrected chi connectivity index (χ2v) is 6.41. The van der Waals surface area contributed by atoms with E-state index >= 15 is 0 Å². The number of ether oxygens (including phenoxy) is 1. The standard InChI is InChI=1S/C15H16ClN3OS/c1-9-8-17-15(21-9)10(2)19-13-5-4-11(20-3)6-12(13)18-14(19)7-16/h4-6,8,10H,7H2,1-3H3. The topological polar surface area (TPSA) is 39.9 Å². The van der Waals surface area contributed by atoms with E-state index in [9.17, 15) is 0 Å². The van der Waals surface area contributed by atoms with Gasteiger partial charge in [0, 0.05) is 17.1 Å². The summed E-state index contributed by atoms with van der Waals surface area (Å²) < 4.78 is 7.41. The van der Waals surface area contributed by atoms with Crippen LogP contribution in [0.2, 0.25) is 0 Å². The number of alkyl halides is 1. The second kappa shape index (κ2) is 5.66. The van der Waals surface area contributed by atoms with Gasteiger partial charge in [0.2, 0.25) is 0 Å². The summed E-state index contributed by atoms with van der Waals surface area (Å²) in [5, 5.41) is 1.06. The molecule has 2 heterocycles. The molecule has 1 aromatic carbocycles. The third-order valence-corrected chi connectivity index (χ3v) is 4.80. The third-order valence-electron chi connectivity index (χ3n) is 3.47. The number of aryl methyl sites for hydroxylation is 1. The van der Waals surface area contributed by atoms with Crippen molar-refractivity contribution < 1.29 is 4.74 Å². The molecule has 0 aliphatic rings. The Morgan fingerprint density at radius 1 is 1.43 bits per heavy atom. The van der Waals surface area contributed by atoms with Gasteiger partial charge >= 0.3 is 0 Å². The first kappa shape index (κ1) is 14.4. The van der Waals surface area contributed by atoms with Crippen LogP contribution in [0.25, 0.3) is 11.0 Å². The number of aromatic nitrogens is 3. The van der Waals surface area contributed by atoms with E-state index in [1.807, 2.05) is 24.4 Å². The van der Waals surface area contributed by atoms with Gasteiger partial charge in [-0.1, -0.05) is 0 Å². The Bertz CT molecular complexity index is 780. The Balaban J connectivity index is 2.15. The van der Waals surface area contributed by atoms with E-state index in [-0.39, 0.29) is 6.04 Å². The molecule has 21 heavy (non-hydrogen) atoms. The van der Waals surface area contributed by atoms with Crippen molar-refractivity contribution in [1.82, 2.24) is 14.5 Å². The van der Waals surface area contributed by atoms with E-state index in [1.165, 1.54) is 4.88 Å². The molecule has 0 saturated carbocycles. The molecule has 1 atom stereocenters. The number of benzene rings is 1. The van der Waals surface area contributed by atoms with Gasteiger partial charge in [0.05, 0.1) is 30.1 Å². The number of imidazole rings is 1. The van der Waals surface area contributed by atoms with Gasteiger partial charge in [-0.2, -0.15) is 0 Å². The summed E-state index contributed by atoms with van der Waals surface area (Å²) in [6.07, 6.45) is 1.90. The number of methoxy groups -OCH3 is 1. The lowest BCUT2D eigenvalue weighted by molar-refractivity contribution is 0.415. The van der Waals surface area contributed by atoms with E-state index < -0.39 is 0 Å². The minimum atomic E-state index is 0.107. The Morgan fingerprint density at radius 3 is 2.86 bits per heavy atom. The highest BCUT2D eigenvalue weighted by atomic mass is 35.5. The van der Waals surface area contributed by atoms with Gasteiger partial charge in [0.1, 0.15) is 16.6 Å². The van der Waals surface area contributed by atoms with Crippen LogP contribution in [-0.2, 0) is 5.88 Å². The zero-order valence-electron chi connectivity index (χ0n) is 12.1. The molecule has 3 rings (SSSR count). The molecule has 2 aromatic heterocycles. The highest BCUT2D eigenvalue weighted by Gasteiger charge is 2.19. The zero-order chi connectivity index (χ0) is 15.0. The first-order chi connectivity index (χ1) is 10.1. The van der Waals surface area contributed by atoms with Gasteiger partial charge < -0.3 is 9.30 Å². The van der Waals surface area contributed by atoms with Crippen LogP contribution in [0, 0.1) is 6.92 Å². The van der Waals surface area contributed by atoms with E-state index in [4.69, 9.17) is 16.3 Å². The number of hydrogen-bond acceptors (Lipinski definition) is 4. The predicted molar refractivity (Wildman–Crippen MR) is 86.5 cm³/mol. The van der Waals surface area contributed by atoms with Crippen LogP contribution in [0.15, 0.2) is 24.4 Å². The van der Waals surface area contributed by atoms with Crippen LogP contribution in [0.5, 0.6) is 5.75 Å². The van der Waals surface area contributed by atoms with Crippen molar-refractivity contribution in [2.45, 2.75) is 25.8 Å². The van der Waals surface area contributed by atoms with Crippen molar-refractivity contribution in [2.75, 3.05) is 7.11 Å². The first-order valence-electron chi connectivity index (χ1n) is 6.67. The Kier molecular flexibility index (Phi) is 3.87. The van der Waals surface area contributed by atoms with Crippen LogP contribution >= 0.6 is 22.9 Å². The lowest BCUT2D eigenvalue weighted by Crippen LogP contribution is -2.09. The number of thiazole rings is 1. The molecule has 0 aliphatic heterocycles. The van der Waals surface area contributed by atoms with Crippen LogP contribution in [0.4, 0.5) is 0 Å². The van der Waals surface area contributed by atoms with E-state index in [2.05, 4.69) is 28.4 Å². The lowest BCUT2D eigenvalue weighted by Gasteiger charge is -2.14. The fourth-order valence-electron chi connectivity index (χ4n) is 2.46. The van der Waals surface area contributed by atoms with Crippen LogP contribution in [-0.4, -0.2) is 21.6 Å². The van der Waals surface area contributed by atoms with Crippen molar-refractivity contribution in [1.29, 1.82) is 0 Å². The lowest BCUT2D eigenvalue weighted by atomic mass is 10.2. The summed E-state index contributed by atoms with van der Waals surface area (Å²) in [6.45, 7) is 4.19. The van der Waals surface area contributed by atoms with Gasteiger partial charge in [-0.05, 0) is 26.0 Å². The summed E-state index contributed by atoms with van der Waals surface area (Å²) in [5.41, 5.74) is 1.94. The smallest absolute Gasteiger partial charge is 0.125 e. The molecule has 6 heteroatoms. The maximum Gasteiger partial charge on any atom is 0.125 e. The number of nitrogens with zero attached hydrogens (tertiary/aromatic N) is 3. The molecular formula is C15H16ClN3OS. The molecule has 0 saturated heterocycles. The minimum absolute atomic E-state index is 0.107. The molecule has 0 fully saturated rings. The molecule has 0 spiro atoms. The second-order valence-electron chi connectivity index (χ2n) is 4.87. The number of hydrogen-bond donors (Lipinski definition) is 0. The fraction of sp³-hybridized carbons (Fsp3) is 0.333. The summed E-state index contributed by atoms with van der Waals surface area (Å²) in [7, 11) is 1.65. The van der Waals surface area contributed by atoms with Crippen LogP contribution < -0.4 is 4.74 Å². The highest BCUT2D eigenvalue weighted by molar-refractivity contribution is 7.11. The zero-order valence-corrected chi connectivity index (χ0v) is 13.7. The average molecular weight is 322 g/mol. The number of rotatable bonds is 4. The summed E-state index contributed by atoms with van der Waals surface area (Å²) in [5.74, 6) is 2.01. The molecule has 0 aliphatic carbocycles. The predicted octanol–water partition coefficient (Wildman–Crippen LogP) is 4.16. The molecular weight excluding hydrogens is 306 g/mol. The molecule has 0 N–H and O–H groups in total. The summed E-state index contributed by atoms with van der Waals surface area (Å²) in [6, 6.07) is 6.00. The molecule has 4 nitrogen and oxygen atoms in total. The Hall–Kier alpha value is -1.59. The molecule has 110 valence electrons. The molecule has 0 radical (unpaired) electrons. The minimum Gasteiger partial charge on any atom is -0.497 e. The van der Waals surface area contributed by atoms with E-state index in [0.717, 1.165) is 27.6 Å². The quantitative estimate of drug-likeness (QED) is 0.677. The summed E-state index contributed by atoms with van der Waals surface area (Å²) in [4.78, 5) is 10.3. The van der Waals surface area contributed by atoms with Crippen LogP contribution in [0.3, 0.4) is 0 Å². The first-order valence-corrected chi connectivity index (χ1v) is 8.02. The van der Waals surface area contributed by atoms with Gasteiger partial charge in [0.15, 0.2) is 0 Å². The monoisotopic (exact) mass is 321 g/mol. The van der Waals surface area contributed by atoms with Crippen LogP contribution in [0.1, 0.15) is 28.7 Å². The molecule has 3 aromatic rings. The fourth-order valence-corrected chi connectivity index (χ4v) is 3.46. The summed E-state index contributed by atoms with van der Waals surface area (Å²) >= 11 is 7.78. The van der Waals surface area contributed by atoms with Gasteiger partial charge in [-0.25, -0.2) is 9.97 Å². The Morgan fingerprint density at radius 2 is 2.24 bits per heavy atom. The van der Waals surface area contributed by atoms with Crippen molar-refractivity contribution in [3.05, 3.63) is 40.1 Å². The van der Waals surface area contributed by atoms with Crippen molar-refractivity contribution in [3.63, 3.8) is 0 Å². The number of fused-ring (bicyclic) bond motifs is 1. The normalized spacial score (nSPS) is 12.8. The maximum atomic E-state index is 6.08. The highest BCUT2D eigenvalue weighted by Crippen LogP contribution is 2.30. The third kappa shape index (κ3) is 2.51. The van der Waals surface area contributed by atoms with Crippen molar-refractivity contribution in [2.24, 2.45) is 0 Å². The average Bonchev–Trinajstić information content (AvgIpc) is 3.08. The van der Waals surface area contributed by atoms with Gasteiger partial charge in [0.25, 0.3) is 0 Å². The van der Waals surface area contributed by atoms with Gasteiger partial charge in [-0.15, -0.1) is 22.9 Å². The molecule has 1 unspecified atom stereocenters. The van der Waals surface area contributed by atoms with E-state index in [0.29, 0.717) is 5.88 Å². The largest absolute Gasteiger partial charge is 0.497 e. The maximum absolute atomic E-state index is 6.08. The SMILES string of the molecule is COc1ccc2c(c1)nc(CCl)n2C(C)c1ncc(C)s1. The van der Waals surface area contributed by atoms with Gasteiger partial charge in [-0.3, -0.25) is 0 Å². The Labute approximate surface area is 132 Å².